The lowest BCUT2D eigenvalue weighted by atomic mass is 10.1. The second-order valence-corrected chi connectivity index (χ2v) is 9.75. The summed E-state index contributed by atoms with van der Waals surface area (Å²) in [5.74, 6) is -2.42. The van der Waals surface area contributed by atoms with Gasteiger partial charge in [-0.1, -0.05) is 6.42 Å². The average Bonchev–Trinajstić information content (AvgIpc) is 3.19. The summed E-state index contributed by atoms with van der Waals surface area (Å²) in [7, 11) is -3.59. The smallest absolute Gasteiger partial charge is 0.338 e. The van der Waals surface area contributed by atoms with Gasteiger partial charge in [-0.15, -0.1) is 11.3 Å². The van der Waals surface area contributed by atoms with Crippen molar-refractivity contribution in [2.45, 2.75) is 37.0 Å². The van der Waals surface area contributed by atoms with Gasteiger partial charge in [0.1, 0.15) is 5.01 Å². The molecule has 0 bridgehead atoms. The predicted octanol–water partition coefficient (Wildman–Crippen LogP) is 2.66. The molecule has 1 atom stereocenters. The van der Waals surface area contributed by atoms with E-state index in [0.29, 0.717) is 23.8 Å². The molecule has 1 aliphatic rings. The number of hydrogen-bond donors (Lipinski definition) is 0. The van der Waals surface area contributed by atoms with Crippen LogP contribution in [-0.4, -0.2) is 49.2 Å². The summed E-state index contributed by atoms with van der Waals surface area (Å²) in [6, 6.07) is 7.32. The van der Waals surface area contributed by atoms with E-state index in [9.17, 15) is 23.3 Å². The molecule has 1 aliphatic heterocycles. The largest absolute Gasteiger partial charge is 0.454 e. The van der Waals surface area contributed by atoms with Crippen LogP contribution in [0.2, 0.25) is 0 Å². The number of aromatic nitrogens is 1. The first-order valence-electron chi connectivity index (χ1n) is 9.44. The van der Waals surface area contributed by atoms with Crippen molar-refractivity contribution in [3.8, 4) is 6.07 Å². The molecular weight excluding hydrogens is 426 g/mol. The maximum Gasteiger partial charge on any atom is 0.338 e. The second kappa shape index (κ2) is 9.47. The standard InChI is InChI=1S/C20H21N3O5S2/c1-14-13-29-19(22-14)17(11-21)18(24)12-28-20(25)15-5-7-16(8-6-15)30(26,27)23-9-3-2-4-10-23/h5-8,13,17H,2-4,9-10,12H2,1H3. The van der Waals surface area contributed by atoms with Crippen LogP contribution < -0.4 is 0 Å². The Morgan fingerprint density at radius 1 is 1.23 bits per heavy atom. The lowest BCUT2D eigenvalue weighted by Gasteiger charge is -2.25. The van der Waals surface area contributed by atoms with E-state index in [1.165, 1.54) is 39.9 Å². The first-order chi connectivity index (χ1) is 14.3. The molecule has 3 rings (SSSR count). The van der Waals surface area contributed by atoms with Gasteiger partial charge in [-0.25, -0.2) is 18.2 Å². The van der Waals surface area contributed by atoms with Crippen LogP contribution in [-0.2, 0) is 19.6 Å². The Balaban J connectivity index is 1.62. The van der Waals surface area contributed by atoms with Gasteiger partial charge in [-0.3, -0.25) is 4.79 Å². The highest BCUT2D eigenvalue weighted by Gasteiger charge is 2.27. The third-order valence-electron chi connectivity index (χ3n) is 4.72. The molecule has 0 radical (unpaired) electrons. The molecule has 30 heavy (non-hydrogen) atoms. The summed E-state index contributed by atoms with van der Waals surface area (Å²) in [5.41, 5.74) is 0.832. The number of ketones is 1. The summed E-state index contributed by atoms with van der Waals surface area (Å²) in [6.07, 6.45) is 2.69. The Labute approximate surface area is 179 Å². The summed E-state index contributed by atoms with van der Waals surface area (Å²) >= 11 is 1.20. The van der Waals surface area contributed by atoms with Gasteiger partial charge in [0, 0.05) is 24.2 Å². The van der Waals surface area contributed by atoms with Crippen molar-refractivity contribution < 1.29 is 22.7 Å². The highest BCUT2D eigenvalue weighted by atomic mass is 32.2. The number of aryl methyl sites for hydroxylation is 1. The quantitative estimate of drug-likeness (QED) is 0.599. The van der Waals surface area contributed by atoms with Crippen LogP contribution in [0.1, 0.15) is 46.2 Å². The number of benzene rings is 1. The molecule has 0 amide bonds. The van der Waals surface area contributed by atoms with E-state index in [0.717, 1.165) is 19.3 Å². The first kappa shape index (κ1) is 22.1. The maximum atomic E-state index is 12.7. The van der Waals surface area contributed by atoms with Crippen molar-refractivity contribution in [1.82, 2.24) is 9.29 Å². The number of carbonyl (C=O) groups is 2. The number of rotatable bonds is 7. The minimum atomic E-state index is -3.59. The Morgan fingerprint density at radius 2 is 1.90 bits per heavy atom. The van der Waals surface area contributed by atoms with Crippen molar-refractivity contribution in [3.05, 3.63) is 45.9 Å². The summed E-state index contributed by atoms with van der Waals surface area (Å²) in [5, 5.41) is 11.3. The summed E-state index contributed by atoms with van der Waals surface area (Å²) < 4.78 is 31.8. The van der Waals surface area contributed by atoms with Gasteiger partial charge in [-0.2, -0.15) is 9.57 Å². The number of thiazole rings is 1. The van der Waals surface area contributed by atoms with Gasteiger partial charge >= 0.3 is 5.97 Å². The zero-order valence-electron chi connectivity index (χ0n) is 16.4. The topological polar surface area (TPSA) is 117 Å². The molecule has 2 heterocycles. The lowest BCUT2D eigenvalue weighted by molar-refractivity contribution is -0.122. The van der Waals surface area contributed by atoms with Crippen LogP contribution in [0, 0.1) is 18.3 Å². The number of carbonyl (C=O) groups excluding carboxylic acids is 2. The van der Waals surface area contributed by atoms with Gasteiger partial charge < -0.3 is 4.74 Å². The molecule has 0 spiro atoms. The Kier molecular flexibility index (Phi) is 6.97. The molecule has 1 fully saturated rings. The number of sulfonamides is 1. The fourth-order valence-corrected chi connectivity index (χ4v) is 5.47. The van der Waals surface area contributed by atoms with Gasteiger partial charge in [0.05, 0.1) is 16.5 Å². The number of hydrogen-bond acceptors (Lipinski definition) is 8. The molecule has 0 aliphatic carbocycles. The maximum absolute atomic E-state index is 12.7. The van der Waals surface area contributed by atoms with Crippen molar-refractivity contribution in [3.63, 3.8) is 0 Å². The van der Waals surface area contributed by atoms with Crippen molar-refractivity contribution in [2.75, 3.05) is 19.7 Å². The summed E-state index contributed by atoms with van der Waals surface area (Å²) in [4.78, 5) is 28.7. The van der Waals surface area contributed by atoms with Gasteiger partial charge in [0.15, 0.2) is 18.3 Å². The molecule has 1 unspecified atom stereocenters. The molecule has 0 saturated carbocycles. The molecule has 1 aromatic carbocycles. The fourth-order valence-electron chi connectivity index (χ4n) is 3.09. The van der Waals surface area contributed by atoms with Gasteiger partial charge in [-0.05, 0) is 44.0 Å². The van der Waals surface area contributed by atoms with Crippen LogP contribution in [0.15, 0.2) is 34.5 Å². The summed E-state index contributed by atoms with van der Waals surface area (Å²) in [6.45, 7) is 2.18. The fraction of sp³-hybridized carbons (Fsp3) is 0.400. The van der Waals surface area contributed by atoms with E-state index in [1.54, 1.807) is 12.3 Å². The van der Waals surface area contributed by atoms with Gasteiger partial charge in [0.2, 0.25) is 10.0 Å². The number of esters is 1. The third kappa shape index (κ3) is 4.92. The number of nitriles is 1. The molecule has 10 heteroatoms. The lowest BCUT2D eigenvalue weighted by Crippen LogP contribution is -2.35. The van der Waals surface area contributed by atoms with Crippen LogP contribution in [0.3, 0.4) is 0 Å². The Hall–Kier alpha value is -2.61. The monoisotopic (exact) mass is 447 g/mol. The minimum absolute atomic E-state index is 0.112. The molecule has 2 aromatic rings. The van der Waals surface area contributed by atoms with Crippen molar-refractivity contribution in [1.29, 1.82) is 5.26 Å². The number of nitrogens with zero attached hydrogens (tertiary/aromatic N) is 3. The van der Waals surface area contributed by atoms with Crippen LogP contribution in [0.5, 0.6) is 0 Å². The van der Waals surface area contributed by atoms with E-state index < -0.39 is 34.3 Å². The normalized spacial score (nSPS) is 15.9. The molecule has 8 nitrogen and oxygen atoms in total. The highest BCUT2D eigenvalue weighted by Crippen LogP contribution is 2.22. The molecule has 158 valence electrons. The molecular formula is C20H21N3O5S2. The van der Waals surface area contributed by atoms with Crippen LogP contribution in [0.4, 0.5) is 0 Å². The predicted molar refractivity (Wildman–Crippen MR) is 110 cm³/mol. The minimum Gasteiger partial charge on any atom is -0.454 e. The van der Waals surface area contributed by atoms with E-state index in [-0.39, 0.29) is 10.5 Å². The second-order valence-electron chi connectivity index (χ2n) is 6.92. The van der Waals surface area contributed by atoms with E-state index in [2.05, 4.69) is 4.98 Å². The Bertz CT molecular complexity index is 1060. The third-order valence-corrected chi connectivity index (χ3v) is 7.66. The van der Waals surface area contributed by atoms with E-state index >= 15 is 0 Å². The van der Waals surface area contributed by atoms with Gasteiger partial charge in [0.25, 0.3) is 0 Å². The molecule has 1 aromatic heterocycles. The number of piperidine rings is 1. The molecule has 1 saturated heterocycles. The van der Waals surface area contributed by atoms with Crippen LogP contribution in [0.25, 0.3) is 0 Å². The molecule has 0 N–H and O–H groups in total. The zero-order chi connectivity index (χ0) is 21.7. The van der Waals surface area contributed by atoms with E-state index in [4.69, 9.17) is 4.74 Å². The van der Waals surface area contributed by atoms with Crippen molar-refractivity contribution in [2.24, 2.45) is 0 Å². The Morgan fingerprint density at radius 3 is 2.47 bits per heavy atom. The van der Waals surface area contributed by atoms with E-state index in [1.807, 2.05) is 6.07 Å². The highest BCUT2D eigenvalue weighted by molar-refractivity contribution is 7.89. The van der Waals surface area contributed by atoms with Crippen molar-refractivity contribution >= 4 is 33.1 Å². The average molecular weight is 448 g/mol. The number of ether oxygens (including phenoxy) is 1. The zero-order valence-corrected chi connectivity index (χ0v) is 18.0. The SMILES string of the molecule is Cc1csc(C(C#N)C(=O)COC(=O)c2ccc(S(=O)(=O)N3CCCCC3)cc2)n1. The first-order valence-corrected chi connectivity index (χ1v) is 11.8. The van der Waals surface area contributed by atoms with Crippen LogP contribution >= 0.6 is 11.3 Å². The number of Topliss-reactive ketones (excluding diaryl/α,β-unsaturated/α-hetero) is 1.